The van der Waals surface area contributed by atoms with Gasteiger partial charge in [-0.05, 0) is 6.92 Å². The van der Waals surface area contributed by atoms with Gasteiger partial charge in [0.1, 0.15) is 5.82 Å². The highest BCUT2D eigenvalue weighted by Gasteiger charge is 2.05. The van der Waals surface area contributed by atoms with Gasteiger partial charge < -0.3 is 9.51 Å². The number of fused-ring (bicyclic) bond motifs is 1. The maximum atomic E-state index is 8.95. The second-order valence-corrected chi connectivity index (χ2v) is 2.60. The van der Waals surface area contributed by atoms with Crippen LogP contribution in [-0.2, 0) is 6.61 Å². The minimum Gasteiger partial charge on any atom is -0.390 e. The van der Waals surface area contributed by atoms with Crippen LogP contribution in [0.5, 0.6) is 0 Å². The van der Waals surface area contributed by atoms with E-state index in [1.807, 2.05) is 17.5 Å². The van der Waals surface area contributed by atoms with Crippen LogP contribution in [0.25, 0.3) is 5.52 Å². The quantitative estimate of drug-likeness (QED) is 0.667. The summed E-state index contributed by atoms with van der Waals surface area (Å²) in [7, 11) is 0. The molecule has 0 aliphatic heterocycles. The van der Waals surface area contributed by atoms with Gasteiger partial charge in [0.15, 0.2) is 0 Å². The van der Waals surface area contributed by atoms with Gasteiger partial charge in [-0.3, -0.25) is 4.98 Å². The van der Waals surface area contributed by atoms with Crippen molar-refractivity contribution >= 4 is 5.52 Å². The molecule has 0 radical (unpaired) electrons. The van der Waals surface area contributed by atoms with E-state index in [-0.39, 0.29) is 6.61 Å². The van der Waals surface area contributed by atoms with Gasteiger partial charge >= 0.3 is 0 Å². The van der Waals surface area contributed by atoms with Crippen molar-refractivity contribution < 1.29 is 5.11 Å². The zero-order valence-electron chi connectivity index (χ0n) is 6.73. The maximum Gasteiger partial charge on any atom is 0.110 e. The lowest BCUT2D eigenvalue weighted by atomic mass is 10.4. The molecular formula is C8H9N3O. The Labute approximate surface area is 69.5 Å². The number of rotatable bonds is 1. The molecule has 2 heterocycles. The Morgan fingerprint density at radius 1 is 1.58 bits per heavy atom. The van der Waals surface area contributed by atoms with Crippen molar-refractivity contribution in [1.82, 2.24) is 14.4 Å². The van der Waals surface area contributed by atoms with Crippen LogP contribution in [-0.4, -0.2) is 19.5 Å². The fourth-order valence-electron chi connectivity index (χ4n) is 1.28. The molecule has 4 heteroatoms. The first kappa shape index (κ1) is 7.24. The molecule has 2 aromatic heterocycles. The first-order valence-electron chi connectivity index (χ1n) is 3.71. The summed E-state index contributed by atoms with van der Waals surface area (Å²) in [5.41, 5.74) is 1.55. The highest BCUT2D eigenvalue weighted by Crippen LogP contribution is 2.10. The van der Waals surface area contributed by atoms with E-state index in [2.05, 4.69) is 9.97 Å². The minimum atomic E-state index is -0.0387. The highest BCUT2D eigenvalue weighted by molar-refractivity contribution is 5.50. The van der Waals surface area contributed by atoms with Gasteiger partial charge in [-0.25, -0.2) is 4.98 Å². The molecule has 12 heavy (non-hydrogen) atoms. The van der Waals surface area contributed by atoms with Crippen molar-refractivity contribution in [2.45, 2.75) is 13.5 Å². The molecule has 2 aromatic rings. The Morgan fingerprint density at radius 2 is 2.42 bits per heavy atom. The Hall–Kier alpha value is -1.42. The van der Waals surface area contributed by atoms with Gasteiger partial charge in [-0.1, -0.05) is 0 Å². The first-order valence-corrected chi connectivity index (χ1v) is 3.71. The third-order valence-corrected chi connectivity index (χ3v) is 1.85. The van der Waals surface area contributed by atoms with Gasteiger partial charge in [-0.15, -0.1) is 0 Å². The summed E-state index contributed by atoms with van der Waals surface area (Å²) in [6.07, 6.45) is 5.23. The van der Waals surface area contributed by atoms with Crippen LogP contribution < -0.4 is 0 Å². The standard InChI is InChI=1S/C8H9N3O/c1-6-10-7(5-12)8-4-9-2-3-11(6)8/h2-4,12H,5H2,1H3. The number of imidazole rings is 1. The molecule has 0 fully saturated rings. The third kappa shape index (κ3) is 0.887. The third-order valence-electron chi connectivity index (χ3n) is 1.85. The van der Waals surface area contributed by atoms with Crippen molar-refractivity contribution in [3.63, 3.8) is 0 Å². The SMILES string of the molecule is Cc1nc(CO)c2cnccn12. The molecule has 1 N–H and O–H groups in total. The van der Waals surface area contributed by atoms with Crippen LogP contribution in [0.3, 0.4) is 0 Å². The molecule has 0 aliphatic carbocycles. The van der Waals surface area contributed by atoms with Crippen LogP contribution in [0.1, 0.15) is 11.5 Å². The summed E-state index contributed by atoms with van der Waals surface area (Å²) >= 11 is 0. The van der Waals surface area contributed by atoms with E-state index in [0.717, 1.165) is 11.3 Å². The molecule has 0 bridgehead atoms. The summed E-state index contributed by atoms with van der Waals surface area (Å²) in [5, 5.41) is 8.95. The Balaban J connectivity index is 2.82. The smallest absolute Gasteiger partial charge is 0.110 e. The fraction of sp³-hybridized carbons (Fsp3) is 0.250. The predicted octanol–water partition coefficient (Wildman–Crippen LogP) is 0.530. The van der Waals surface area contributed by atoms with Crippen LogP contribution >= 0.6 is 0 Å². The van der Waals surface area contributed by atoms with Gasteiger partial charge in [0, 0.05) is 12.4 Å². The molecule has 0 saturated carbocycles. The lowest BCUT2D eigenvalue weighted by Crippen LogP contribution is -1.87. The summed E-state index contributed by atoms with van der Waals surface area (Å²) in [6, 6.07) is 0. The molecule has 0 spiro atoms. The number of hydrogen-bond donors (Lipinski definition) is 1. The molecule has 0 aromatic carbocycles. The van der Waals surface area contributed by atoms with Crippen molar-refractivity contribution in [3.05, 3.63) is 30.1 Å². The Bertz CT molecular complexity index is 408. The lowest BCUT2D eigenvalue weighted by molar-refractivity contribution is 0.279. The number of hydrogen-bond acceptors (Lipinski definition) is 3. The molecular weight excluding hydrogens is 154 g/mol. The van der Waals surface area contributed by atoms with E-state index in [4.69, 9.17) is 5.11 Å². The van der Waals surface area contributed by atoms with Gasteiger partial charge in [-0.2, -0.15) is 0 Å². The highest BCUT2D eigenvalue weighted by atomic mass is 16.3. The van der Waals surface area contributed by atoms with Crippen LogP contribution in [0.4, 0.5) is 0 Å². The van der Waals surface area contributed by atoms with E-state index in [9.17, 15) is 0 Å². The van der Waals surface area contributed by atoms with E-state index in [1.54, 1.807) is 12.4 Å². The molecule has 0 unspecified atom stereocenters. The largest absolute Gasteiger partial charge is 0.390 e. The van der Waals surface area contributed by atoms with E-state index in [0.29, 0.717) is 5.69 Å². The van der Waals surface area contributed by atoms with Crippen LogP contribution in [0.2, 0.25) is 0 Å². The van der Waals surface area contributed by atoms with Crippen molar-refractivity contribution in [1.29, 1.82) is 0 Å². The second-order valence-electron chi connectivity index (χ2n) is 2.60. The van der Waals surface area contributed by atoms with E-state index < -0.39 is 0 Å². The van der Waals surface area contributed by atoms with Gasteiger partial charge in [0.05, 0.1) is 24.0 Å². The number of aliphatic hydroxyl groups is 1. The first-order chi connectivity index (χ1) is 5.83. The average molecular weight is 163 g/mol. The average Bonchev–Trinajstić information content (AvgIpc) is 2.44. The predicted molar refractivity (Wildman–Crippen MR) is 43.6 cm³/mol. The zero-order valence-corrected chi connectivity index (χ0v) is 6.73. The van der Waals surface area contributed by atoms with Crippen molar-refractivity contribution in [2.75, 3.05) is 0 Å². The molecule has 0 aliphatic rings. The van der Waals surface area contributed by atoms with Gasteiger partial charge in [0.25, 0.3) is 0 Å². The molecule has 0 amide bonds. The summed E-state index contributed by atoms with van der Waals surface area (Å²) < 4.78 is 1.90. The van der Waals surface area contributed by atoms with E-state index in [1.165, 1.54) is 0 Å². The van der Waals surface area contributed by atoms with Crippen LogP contribution in [0, 0.1) is 6.92 Å². The number of aromatic nitrogens is 3. The van der Waals surface area contributed by atoms with Gasteiger partial charge in [0.2, 0.25) is 0 Å². The summed E-state index contributed by atoms with van der Waals surface area (Å²) in [5.74, 6) is 0.872. The number of aryl methyl sites for hydroxylation is 1. The minimum absolute atomic E-state index is 0.0387. The number of aliphatic hydroxyl groups excluding tert-OH is 1. The summed E-state index contributed by atoms with van der Waals surface area (Å²) in [6.45, 7) is 1.86. The second kappa shape index (κ2) is 2.57. The Morgan fingerprint density at radius 3 is 3.17 bits per heavy atom. The fourth-order valence-corrected chi connectivity index (χ4v) is 1.28. The normalized spacial score (nSPS) is 10.8. The Kier molecular flexibility index (Phi) is 1.55. The monoisotopic (exact) mass is 163 g/mol. The molecule has 2 rings (SSSR count). The maximum absolute atomic E-state index is 8.95. The van der Waals surface area contributed by atoms with Crippen molar-refractivity contribution in [3.8, 4) is 0 Å². The number of nitrogens with zero attached hydrogens (tertiary/aromatic N) is 3. The van der Waals surface area contributed by atoms with Crippen molar-refractivity contribution in [2.24, 2.45) is 0 Å². The zero-order chi connectivity index (χ0) is 8.55. The molecule has 0 saturated heterocycles. The van der Waals surface area contributed by atoms with E-state index >= 15 is 0 Å². The lowest BCUT2D eigenvalue weighted by Gasteiger charge is -1.93. The molecule has 4 nitrogen and oxygen atoms in total. The summed E-state index contributed by atoms with van der Waals surface area (Å²) in [4.78, 5) is 8.14. The molecule has 62 valence electrons. The van der Waals surface area contributed by atoms with Crippen LogP contribution in [0.15, 0.2) is 18.6 Å². The topological polar surface area (TPSA) is 50.4 Å². The molecule has 0 atom stereocenters.